The van der Waals surface area contributed by atoms with Gasteiger partial charge in [-0.1, -0.05) is 17.7 Å². The fourth-order valence-electron chi connectivity index (χ4n) is 2.07. The molecule has 0 spiro atoms. The van der Waals surface area contributed by atoms with Crippen LogP contribution in [0.2, 0.25) is 5.02 Å². The van der Waals surface area contributed by atoms with Crippen LogP contribution in [0, 0.1) is 5.82 Å². The van der Waals surface area contributed by atoms with Crippen LogP contribution in [0.4, 0.5) is 10.1 Å². The summed E-state index contributed by atoms with van der Waals surface area (Å²) in [5.41, 5.74) is 1.16. The molecule has 0 saturated carbocycles. The van der Waals surface area contributed by atoms with Crippen LogP contribution in [-0.2, 0) is 11.2 Å². The van der Waals surface area contributed by atoms with Crippen LogP contribution in [0.1, 0.15) is 12.3 Å². The number of rotatable bonds is 5. The number of hydrogen-bond acceptors (Lipinski definition) is 4. The van der Waals surface area contributed by atoms with Crippen molar-refractivity contribution in [3.63, 3.8) is 0 Å². The van der Waals surface area contributed by atoms with E-state index in [2.05, 4.69) is 15.5 Å². The average molecular weight is 346 g/mol. The average Bonchev–Trinajstić information content (AvgIpc) is 3.03. The summed E-state index contributed by atoms with van der Waals surface area (Å²) in [6, 6.07) is 12.7. The quantitative estimate of drug-likeness (QED) is 0.756. The molecule has 0 aliphatic heterocycles. The van der Waals surface area contributed by atoms with E-state index in [1.54, 1.807) is 30.3 Å². The van der Waals surface area contributed by atoms with E-state index in [4.69, 9.17) is 16.0 Å². The Hall–Kier alpha value is -2.73. The molecule has 1 N–H and O–H groups in total. The minimum absolute atomic E-state index is 0.152. The Bertz CT molecular complexity index is 849. The maximum absolute atomic E-state index is 13.1. The van der Waals surface area contributed by atoms with Crippen LogP contribution >= 0.6 is 11.6 Å². The largest absolute Gasteiger partial charge is 0.421 e. The molecule has 0 aliphatic rings. The number of amides is 1. The molecule has 1 aromatic heterocycles. The molecule has 0 atom stereocenters. The Morgan fingerprint density at radius 3 is 2.71 bits per heavy atom. The van der Waals surface area contributed by atoms with E-state index in [0.29, 0.717) is 28.9 Å². The highest BCUT2D eigenvalue weighted by atomic mass is 35.5. The minimum Gasteiger partial charge on any atom is -0.421 e. The van der Waals surface area contributed by atoms with E-state index in [-0.39, 0.29) is 12.3 Å². The highest BCUT2D eigenvalue weighted by molar-refractivity contribution is 6.30. The van der Waals surface area contributed by atoms with Gasteiger partial charge in [-0.05, 0) is 42.5 Å². The lowest BCUT2D eigenvalue weighted by Crippen LogP contribution is -2.12. The summed E-state index contributed by atoms with van der Waals surface area (Å²) in [6.07, 6.45) is 0.445. The molecule has 1 amide bonds. The summed E-state index contributed by atoms with van der Waals surface area (Å²) >= 11 is 5.83. The molecule has 24 heavy (non-hydrogen) atoms. The lowest BCUT2D eigenvalue weighted by Gasteiger charge is -2.03. The zero-order valence-electron chi connectivity index (χ0n) is 12.5. The van der Waals surface area contributed by atoms with Crippen LogP contribution in [0.3, 0.4) is 0 Å². The monoisotopic (exact) mass is 345 g/mol. The van der Waals surface area contributed by atoms with Gasteiger partial charge < -0.3 is 9.73 Å². The molecule has 0 bridgehead atoms. The molecular formula is C17H13ClFN3O2. The van der Waals surface area contributed by atoms with Crippen molar-refractivity contribution in [2.45, 2.75) is 12.8 Å². The molecule has 2 aromatic carbocycles. The Balaban J connectivity index is 1.57. The Kier molecular flexibility index (Phi) is 4.86. The summed E-state index contributed by atoms with van der Waals surface area (Å²) < 4.78 is 18.6. The summed E-state index contributed by atoms with van der Waals surface area (Å²) in [5, 5.41) is 11.1. The molecule has 7 heteroatoms. The molecule has 1 heterocycles. The van der Waals surface area contributed by atoms with Gasteiger partial charge in [0, 0.05) is 29.1 Å². The Morgan fingerprint density at radius 2 is 1.96 bits per heavy atom. The first-order valence-electron chi connectivity index (χ1n) is 7.24. The number of halogens is 2. The molecule has 0 radical (unpaired) electrons. The van der Waals surface area contributed by atoms with Gasteiger partial charge in [0.25, 0.3) is 0 Å². The van der Waals surface area contributed by atoms with E-state index in [1.807, 2.05) is 0 Å². The van der Waals surface area contributed by atoms with Gasteiger partial charge in [-0.25, -0.2) is 4.39 Å². The normalized spacial score (nSPS) is 10.6. The van der Waals surface area contributed by atoms with Crippen molar-refractivity contribution >= 4 is 23.2 Å². The lowest BCUT2D eigenvalue weighted by atomic mass is 10.2. The Labute approximate surface area is 142 Å². The molecule has 0 fully saturated rings. The first-order valence-corrected chi connectivity index (χ1v) is 7.62. The van der Waals surface area contributed by atoms with E-state index in [1.165, 1.54) is 18.2 Å². The van der Waals surface area contributed by atoms with Crippen LogP contribution in [0.15, 0.2) is 52.9 Å². The van der Waals surface area contributed by atoms with Gasteiger partial charge in [0.05, 0.1) is 0 Å². The number of hydrogen-bond donors (Lipinski definition) is 1. The topological polar surface area (TPSA) is 68.0 Å². The highest BCUT2D eigenvalue weighted by Crippen LogP contribution is 2.20. The van der Waals surface area contributed by atoms with Crippen molar-refractivity contribution < 1.29 is 13.6 Å². The van der Waals surface area contributed by atoms with Gasteiger partial charge in [0.15, 0.2) is 0 Å². The van der Waals surface area contributed by atoms with Crippen molar-refractivity contribution in [1.82, 2.24) is 10.2 Å². The summed E-state index contributed by atoms with van der Waals surface area (Å²) in [6.45, 7) is 0. The smallest absolute Gasteiger partial charge is 0.247 e. The van der Waals surface area contributed by atoms with Gasteiger partial charge in [-0.15, -0.1) is 10.2 Å². The second kappa shape index (κ2) is 7.23. The number of aromatic nitrogens is 2. The molecule has 122 valence electrons. The predicted octanol–water partition coefficient (Wildman–Crippen LogP) is 4.10. The van der Waals surface area contributed by atoms with E-state index in [0.717, 1.165) is 5.56 Å². The third kappa shape index (κ3) is 4.17. The van der Waals surface area contributed by atoms with Gasteiger partial charge in [0.2, 0.25) is 17.7 Å². The summed E-state index contributed by atoms with van der Waals surface area (Å²) in [4.78, 5) is 11.9. The number of carbonyl (C=O) groups excluding carboxylic acids is 1. The number of aryl methyl sites for hydroxylation is 1. The molecule has 3 rings (SSSR count). The maximum atomic E-state index is 13.1. The van der Waals surface area contributed by atoms with Crippen molar-refractivity contribution in [2.75, 3.05) is 5.32 Å². The fraction of sp³-hybridized carbons (Fsp3) is 0.118. The second-order valence-electron chi connectivity index (χ2n) is 5.07. The second-order valence-corrected chi connectivity index (χ2v) is 5.50. The minimum atomic E-state index is -0.405. The van der Waals surface area contributed by atoms with E-state index < -0.39 is 5.82 Å². The number of benzene rings is 2. The molecule has 0 saturated heterocycles. The van der Waals surface area contributed by atoms with Gasteiger partial charge in [0.1, 0.15) is 5.82 Å². The zero-order chi connectivity index (χ0) is 16.9. The zero-order valence-corrected chi connectivity index (χ0v) is 13.3. The molecule has 3 aromatic rings. The first kappa shape index (κ1) is 16.1. The van der Waals surface area contributed by atoms with Crippen molar-refractivity contribution in [1.29, 1.82) is 0 Å². The number of carbonyl (C=O) groups is 1. The Morgan fingerprint density at radius 1 is 1.17 bits per heavy atom. The van der Waals surface area contributed by atoms with Crippen molar-refractivity contribution in [3.05, 3.63) is 65.3 Å². The van der Waals surface area contributed by atoms with Crippen molar-refractivity contribution in [2.24, 2.45) is 0 Å². The molecule has 0 aliphatic carbocycles. The van der Waals surface area contributed by atoms with Gasteiger partial charge in [-0.3, -0.25) is 4.79 Å². The third-order valence-corrected chi connectivity index (χ3v) is 3.48. The molecular weight excluding hydrogens is 333 g/mol. The van der Waals surface area contributed by atoms with Gasteiger partial charge >= 0.3 is 0 Å². The summed E-state index contributed by atoms with van der Waals surface area (Å²) in [7, 11) is 0. The third-order valence-electron chi connectivity index (χ3n) is 3.23. The van der Waals surface area contributed by atoms with Crippen LogP contribution in [0.5, 0.6) is 0 Å². The molecule has 5 nitrogen and oxygen atoms in total. The first-order chi connectivity index (χ1) is 11.6. The predicted molar refractivity (Wildman–Crippen MR) is 88.1 cm³/mol. The number of nitrogens with one attached hydrogen (secondary N) is 1. The van der Waals surface area contributed by atoms with Crippen LogP contribution in [-0.4, -0.2) is 16.1 Å². The fourth-order valence-corrected chi connectivity index (χ4v) is 2.20. The van der Waals surface area contributed by atoms with E-state index >= 15 is 0 Å². The standard InChI is InChI=1S/C17H13ClFN3O2/c18-12-6-4-11(5-7-12)17-22-21-16(24-17)9-8-15(23)20-14-3-1-2-13(19)10-14/h1-7,10H,8-9H2,(H,20,23). The van der Waals surface area contributed by atoms with Crippen LogP contribution < -0.4 is 5.32 Å². The van der Waals surface area contributed by atoms with Crippen LogP contribution in [0.25, 0.3) is 11.5 Å². The highest BCUT2D eigenvalue weighted by Gasteiger charge is 2.11. The van der Waals surface area contributed by atoms with E-state index in [9.17, 15) is 9.18 Å². The SMILES string of the molecule is O=C(CCc1nnc(-c2ccc(Cl)cc2)o1)Nc1cccc(F)c1. The van der Waals surface area contributed by atoms with Crippen molar-refractivity contribution in [3.8, 4) is 11.5 Å². The number of nitrogens with zero attached hydrogens (tertiary/aromatic N) is 2. The lowest BCUT2D eigenvalue weighted by molar-refractivity contribution is -0.116. The molecule has 0 unspecified atom stereocenters. The maximum Gasteiger partial charge on any atom is 0.247 e. The summed E-state index contributed by atoms with van der Waals surface area (Å²) in [5.74, 6) is 0.0608. The van der Waals surface area contributed by atoms with Gasteiger partial charge in [-0.2, -0.15) is 0 Å². The number of anilines is 1.